The molecule has 4 aromatic rings. The summed E-state index contributed by atoms with van der Waals surface area (Å²) in [6.07, 6.45) is 6.10. The Kier molecular flexibility index (Phi) is 5.27. The van der Waals surface area contributed by atoms with Crippen LogP contribution in [0.5, 0.6) is 0 Å². The van der Waals surface area contributed by atoms with Crippen LogP contribution in [-0.4, -0.2) is 25.2 Å². The number of benzene rings is 2. The molecule has 32 heavy (non-hydrogen) atoms. The molecule has 0 saturated carbocycles. The molecule has 2 aromatic carbocycles. The van der Waals surface area contributed by atoms with Crippen LogP contribution in [0, 0.1) is 5.82 Å². The second-order valence-corrected chi connectivity index (χ2v) is 8.31. The monoisotopic (exact) mass is 449 g/mol. The lowest BCUT2D eigenvalue weighted by atomic mass is 10.1. The van der Waals surface area contributed by atoms with E-state index in [0.717, 1.165) is 41.8 Å². The molecule has 0 aliphatic heterocycles. The number of halogens is 2. The highest BCUT2D eigenvalue weighted by Crippen LogP contribution is 2.29. The fourth-order valence-corrected chi connectivity index (χ4v) is 4.35. The zero-order valence-corrected chi connectivity index (χ0v) is 18.2. The van der Waals surface area contributed by atoms with Crippen LogP contribution in [0.4, 0.5) is 4.39 Å². The van der Waals surface area contributed by atoms with Crippen LogP contribution in [0.1, 0.15) is 45.6 Å². The number of fused-ring (bicyclic) bond motifs is 1. The Morgan fingerprint density at radius 3 is 2.56 bits per heavy atom. The highest BCUT2D eigenvalue weighted by atomic mass is 35.5. The molecule has 6 nitrogen and oxygen atoms in total. The number of carbonyl (C=O) groups excluding carboxylic acids is 1. The van der Waals surface area contributed by atoms with Crippen LogP contribution in [0.3, 0.4) is 0 Å². The number of hydrogen-bond acceptors (Lipinski definition) is 3. The molecule has 0 saturated heterocycles. The summed E-state index contributed by atoms with van der Waals surface area (Å²) in [6.45, 7) is 0. The predicted molar refractivity (Wildman–Crippen MR) is 120 cm³/mol. The third-order valence-corrected chi connectivity index (χ3v) is 6.06. The van der Waals surface area contributed by atoms with E-state index in [4.69, 9.17) is 11.6 Å². The minimum absolute atomic E-state index is 0.271. The van der Waals surface area contributed by atoms with Gasteiger partial charge in [-0.3, -0.25) is 4.79 Å². The lowest BCUT2D eigenvalue weighted by molar-refractivity contribution is 0.0934. The van der Waals surface area contributed by atoms with Crippen molar-refractivity contribution in [3.05, 3.63) is 100 Å². The van der Waals surface area contributed by atoms with Gasteiger partial charge in [0.25, 0.3) is 5.91 Å². The molecule has 0 bridgehead atoms. The van der Waals surface area contributed by atoms with Crippen molar-refractivity contribution in [3.63, 3.8) is 0 Å². The minimum Gasteiger partial charge on any atom is -0.337 e. The van der Waals surface area contributed by atoms with Gasteiger partial charge in [0, 0.05) is 35.7 Å². The molecule has 0 fully saturated rings. The van der Waals surface area contributed by atoms with Crippen molar-refractivity contribution in [2.75, 3.05) is 0 Å². The predicted octanol–water partition coefficient (Wildman–Crippen LogP) is 4.41. The third-order valence-electron chi connectivity index (χ3n) is 5.81. The molecule has 1 atom stereocenters. The number of imidazole rings is 1. The van der Waals surface area contributed by atoms with Crippen molar-refractivity contribution in [2.45, 2.75) is 25.3 Å². The molecule has 162 valence electrons. The average Bonchev–Trinajstić information content (AvgIpc) is 3.50. The van der Waals surface area contributed by atoms with E-state index in [-0.39, 0.29) is 11.7 Å². The molecule has 1 aliphatic rings. The molecule has 2 aromatic heterocycles. The van der Waals surface area contributed by atoms with Gasteiger partial charge in [-0.25, -0.2) is 14.1 Å². The SMILES string of the molecule is Cn1ccnc1C(NC(=O)c1nn(-c2ccc(F)cc2)c2c1CCC2)c1ccc(Cl)cc1. The summed E-state index contributed by atoms with van der Waals surface area (Å²) >= 11 is 6.06. The minimum atomic E-state index is -0.465. The largest absolute Gasteiger partial charge is 0.337 e. The number of aryl methyl sites for hydroxylation is 1. The molecule has 2 heterocycles. The van der Waals surface area contributed by atoms with E-state index >= 15 is 0 Å². The standard InChI is InChI=1S/C24H21ClFN5O/c1-30-14-13-27-23(30)21(15-5-7-16(25)8-6-15)28-24(32)22-19-3-2-4-20(19)31(29-22)18-11-9-17(26)10-12-18/h5-14,21H,2-4H2,1H3,(H,28,32). The zero-order valence-electron chi connectivity index (χ0n) is 17.4. The van der Waals surface area contributed by atoms with Gasteiger partial charge in [0.1, 0.15) is 17.7 Å². The van der Waals surface area contributed by atoms with Gasteiger partial charge in [0.2, 0.25) is 0 Å². The van der Waals surface area contributed by atoms with Gasteiger partial charge < -0.3 is 9.88 Å². The highest BCUT2D eigenvalue weighted by molar-refractivity contribution is 6.30. The van der Waals surface area contributed by atoms with Crippen molar-refractivity contribution < 1.29 is 9.18 Å². The van der Waals surface area contributed by atoms with Gasteiger partial charge in [-0.2, -0.15) is 5.10 Å². The molecule has 1 unspecified atom stereocenters. The first-order valence-corrected chi connectivity index (χ1v) is 10.8. The smallest absolute Gasteiger partial charge is 0.272 e. The van der Waals surface area contributed by atoms with E-state index in [1.54, 1.807) is 35.1 Å². The fourth-order valence-electron chi connectivity index (χ4n) is 4.22. The highest BCUT2D eigenvalue weighted by Gasteiger charge is 2.29. The molecule has 0 spiro atoms. The fraction of sp³-hybridized carbons (Fsp3) is 0.208. The van der Waals surface area contributed by atoms with Crippen molar-refractivity contribution in [3.8, 4) is 5.69 Å². The second kappa shape index (κ2) is 8.24. The number of nitrogens with one attached hydrogen (secondary N) is 1. The van der Waals surface area contributed by atoms with Crippen LogP contribution in [0.15, 0.2) is 60.9 Å². The molecule has 0 radical (unpaired) electrons. The third kappa shape index (κ3) is 3.69. The van der Waals surface area contributed by atoms with Gasteiger partial charge >= 0.3 is 0 Å². The normalized spacial score (nSPS) is 13.7. The topological polar surface area (TPSA) is 64.7 Å². The second-order valence-electron chi connectivity index (χ2n) is 7.87. The Balaban J connectivity index is 1.52. The van der Waals surface area contributed by atoms with Crippen LogP contribution in [0.2, 0.25) is 5.02 Å². The zero-order chi connectivity index (χ0) is 22.2. The van der Waals surface area contributed by atoms with Crippen LogP contribution in [0.25, 0.3) is 5.69 Å². The molecular formula is C24H21ClFN5O. The van der Waals surface area contributed by atoms with E-state index in [2.05, 4.69) is 15.4 Å². The van der Waals surface area contributed by atoms with E-state index < -0.39 is 6.04 Å². The van der Waals surface area contributed by atoms with E-state index in [1.807, 2.05) is 29.9 Å². The van der Waals surface area contributed by atoms with E-state index in [0.29, 0.717) is 16.5 Å². The lowest BCUT2D eigenvalue weighted by Crippen LogP contribution is -2.32. The number of hydrogen-bond donors (Lipinski definition) is 1. The average molecular weight is 450 g/mol. The summed E-state index contributed by atoms with van der Waals surface area (Å²) in [5.74, 6) is 0.124. The van der Waals surface area contributed by atoms with Crippen LogP contribution < -0.4 is 5.32 Å². The summed E-state index contributed by atoms with van der Waals surface area (Å²) in [7, 11) is 1.89. The maximum Gasteiger partial charge on any atom is 0.272 e. The summed E-state index contributed by atoms with van der Waals surface area (Å²) in [5.41, 5.74) is 3.95. The summed E-state index contributed by atoms with van der Waals surface area (Å²) in [4.78, 5) is 17.9. The Hall–Kier alpha value is -3.45. The first-order valence-electron chi connectivity index (χ1n) is 10.4. The summed E-state index contributed by atoms with van der Waals surface area (Å²) in [6, 6.07) is 13.0. The number of amides is 1. The van der Waals surface area contributed by atoms with Gasteiger partial charge in [0.05, 0.1) is 5.69 Å². The molecule has 1 aliphatic carbocycles. The Bertz CT molecular complexity index is 1280. The van der Waals surface area contributed by atoms with Gasteiger partial charge in [-0.15, -0.1) is 0 Å². The first kappa shape index (κ1) is 20.5. The van der Waals surface area contributed by atoms with Crippen molar-refractivity contribution >= 4 is 17.5 Å². The Morgan fingerprint density at radius 1 is 1.12 bits per heavy atom. The Morgan fingerprint density at radius 2 is 1.88 bits per heavy atom. The van der Waals surface area contributed by atoms with Crippen LogP contribution >= 0.6 is 11.6 Å². The van der Waals surface area contributed by atoms with E-state index in [9.17, 15) is 9.18 Å². The molecule has 1 N–H and O–H groups in total. The van der Waals surface area contributed by atoms with Crippen molar-refractivity contribution in [1.29, 1.82) is 0 Å². The number of rotatable bonds is 5. The molecule has 5 rings (SSSR count). The van der Waals surface area contributed by atoms with Crippen LogP contribution in [-0.2, 0) is 19.9 Å². The maximum atomic E-state index is 13.5. The quantitative estimate of drug-likeness (QED) is 0.491. The molecular weight excluding hydrogens is 429 g/mol. The van der Waals surface area contributed by atoms with Gasteiger partial charge in [-0.1, -0.05) is 23.7 Å². The van der Waals surface area contributed by atoms with E-state index in [1.165, 1.54) is 12.1 Å². The number of carbonyl (C=O) groups is 1. The summed E-state index contributed by atoms with van der Waals surface area (Å²) in [5, 5.41) is 8.36. The Labute approximate surface area is 189 Å². The van der Waals surface area contributed by atoms with Gasteiger partial charge in [0.15, 0.2) is 5.69 Å². The number of nitrogens with zero attached hydrogens (tertiary/aromatic N) is 4. The molecule has 8 heteroatoms. The van der Waals surface area contributed by atoms with Crippen molar-refractivity contribution in [1.82, 2.24) is 24.6 Å². The molecule has 1 amide bonds. The maximum absolute atomic E-state index is 13.5. The first-order chi connectivity index (χ1) is 15.5. The summed E-state index contributed by atoms with van der Waals surface area (Å²) < 4.78 is 17.0. The van der Waals surface area contributed by atoms with Crippen molar-refractivity contribution in [2.24, 2.45) is 7.05 Å². The number of aromatic nitrogens is 4. The lowest BCUT2D eigenvalue weighted by Gasteiger charge is -2.19. The van der Waals surface area contributed by atoms with Gasteiger partial charge in [-0.05, 0) is 61.2 Å².